The lowest BCUT2D eigenvalue weighted by Gasteiger charge is -2.15. The molecule has 0 fully saturated rings. The molecule has 0 spiro atoms. The lowest BCUT2D eigenvalue weighted by atomic mass is 9.97. The molecule has 20 heavy (non-hydrogen) atoms. The number of carbonyl (C=O) groups excluding carboxylic acids is 1. The molecule has 0 heterocycles. The topological polar surface area (TPSA) is 92.4 Å². The van der Waals surface area contributed by atoms with Gasteiger partial charge in [0, 0.05) is 12.1 Å². The molecule has 1 aromatic carbocycles. The van der Waals surface area contributed by atoms with Gasteiger partial charge in [-0.15, -0.1) is 0 Å². The van der Waals surface area contributed by atoms with Gasteiger partial charge in [0.2, 0.25) is 0 Å². The van der Waals surface area contributed by atoms with Crippen LogP contribution in [0.4, 0.5) is 5.69 Å². The van der Waals surface area contributed by atoms with Gasteiger partial charge < -0.3 is 16.2 Å². The van der Waals surface area contributed by atoms with Crippen molar-refractivity contribution >= 4 is 29.2 Å². The van der Waals surface area contributed by atoms with Gasteiger partial charge in [0.05, 0.1) is 16.6 Å². The van der Waals surface area contributed by atoms with E-state index in [1.54, 1.807) is 6.07 Å². The molecule has 0 saturated heterocycles. The number of carboxylic acids is 1. The van der Waals surface area contributed by atoms with Gasteiger partial charge in [-0.1, -0.05) is 25.4 Å². The summed E-state index contributed by atoms with van der Waals surface area (Å²) in [5, 5.41) is 12.1. The first-order chi connectivity index (χ1) is 9.31. The Labute approximate surface area is 123 Å². The van der Waals surface area contributed by atoms with Crippen molar-refractivity contribution in [3.05, 3.63) is 28.8 Å². The second kappa shape index (κ2) is 7.14. The second-order valence-corrected chi connectivity index (χ2v) is 5.52. The molecule has 1 amide bonds. The lowest BCUT2D eigenvalue weighted by molar-refractivity contribution is -0.142. The summed E-state index contributed by atoms with van der Waals surface area (Å²) in [6.07, 6.45) is 0.512. The number of benzene rings is 1. The monoisotopic (exact) mass is 298 g/mol. The van der Waals surface area contributed by atoms with E-state index in [1.807, 2.05) is 13.8 Å². The van der Waals surface area contributed by atoms with Crippen LogP contribution in [0.5, 0.6) is 0 Å². The molecule has 0 saturated carbocycles. The molecule has 6 heteroatoms. The highest BCUT2D eigenvalue weighted by atomic mass is 35.5. The number of nitrogen functional groups attached to an aromatic ring is 1. The SMILES string of the molecule is CC(C)CC(CNC(=O)c1ccc(Cl)c(N)c1)C(=O)O. The van der Waals surface area contributed by atoms with Crippen molar-refractivity contribution in [1.29, 1.82) is 0 Å². The minimum Gasteiger partial charge on any atom is -0.481 e. The van der Waals surface area contributed by atoms with E-state index >= 15 is 0 Å². The Morgan fingerprint density at radius 2 is 2.05 bits per heavy atom. The van der Waals surface area contributed by atoms with Crippen molar-refractivity contribution < 1.29 is 14.7 Å². The van der Waals surface area contributed by atoms with Crippen molar-refractivity contribution in [1.82, 2.24) is 5.32 Å². The van der Waals surface area contributed by atoms with Crippen molar-refractivity contribution in [2.75, 3.05) is 12.3 Å². The third-order valence-electron chi connectivity index (χ3n) is 2.87. The molecule has 0 bridgehead atoms. The van der Waals surface area contributed by atoms with Gasteiger partial charge in [-0.2, -0.15) is 0 Å². The molecule has 110 valence electrons. The molecule has 0 aliphatic rings. The number of hydrogen-bond acceptors (Lipinski definition) is 3. The van der Waals surface area contributed by atoms with E-state index in [0.29, 0.717) is 22.7 Å². The van der Waals surface area contributed by atoms with E-state index in [2.05, 4.69) is 5.32 Å². The van der Waals surface area contributed by atoms with Crippen molar-refractivity contribution in [3.8, 4) is 0 Å². The van der Waals surface area contributed by atoms with Crippen LogP contribution >= 0.6 is 11.6 Å². The zero-order valence-electron chi connectivity index (χ0n) is 11.5. The number of aliphatic carboxylic acids is 1. The highest BCUT2D eigenvalue weighted by Crippen LogP contribution is 2.19. The van der Waals surface area contributed by atoms with Gasteiger partial charge in [0.25, 0.3) is 5.91 Å². The maximum atomic E-state index is 11.9. The first-order valence-electron chi connectivity index (χ1n) is 6.37. The van der Waals surface area contributed by atoms with Gasteiger partial charge in [0.1, 0.15) is 0 Å². The summed E-state index contributed by atoms with van der Waals surface area (Å²) < 4.78 is 0. The summed E-state index contributed by atoms with van der Waals surface area (Å²) in [4.78, 5) is 23.0. The Balaban J connectivity index is 2.65. The summed E-state index contributed by atoms with van der Waals surface area (Å²) >= 11 is 5.78. The van der Waals surface area contributed by atoms with Crippen LogP contribution in [0.2, 0.25) is 5.02 Å². The Morgan fingerprint density at radius 1 is 1.40 bits per heavy atom. The Morgan fingerprint density at radius 3 is 2.55 bits per heavy atom. The van der Waals surface area contributed by atoms with Crippen molar-refractivity contribution in [2.45, 2.75) is 20.3 Å². The van der Waals surface area contributed by atoms with E-state index < -0.39 is 11.9 Å². The van der Waals surface area contributed by atoms with Gasteiger partial charge in [0.15, 0.2) is 0 Å². The van der Waals surface area contributed by atoms with E-state index in [4.69, 9.17) is 22.4 Å². The molecular formula is C14H19ClN2O3. The van der Waals surface area contributed by atoms with Gasteiger partial charge in [-0.3, -0.25) is 9.59 Å². The first-order valence-corrected chi connectivity index (χ1v) is 6.75. The maximum Gasteiger partial charge on any atom is 0.308 e. The van der Waals surface area contributed by atoms with Crippen LogP contribution in [0, 0.1) is 11.8 Å². The average Bonchev–Trinajstić information content (AvgIpc) is 2.36. The molecule has 1 atom stereocenters. The Bertz CT molecular complexity index is 503. The largest absolute Gasteiger partial charge is 0.481 e. The highest BCUT2D eigenvalue weighted by Gasteiger charge is 2.20. The maximum absolute atomic E-state index is 11.9. The summed E-state index contributed by atoms with van der Waals surface area (Å²) in [6.45, 7) is 3.98. The molecular weight excluding hydrogens is 280 g/mol. The smallest absolute Gasteiger partial charge is 0.308 e. The van der Waals surface area contributed by atoms with Crippen LogP contribution in [0.25, 0.3) is 0 Å². The molecule has 0 aliphatic carbocycles. The van der Waals surface area contributed by atoms with E-state index in [-0.39, 0.29) is 18.4 Å². The summed E-state index contributed by atoms with van der Waals surface area (Å²) in [5.41, 5.74) is 6.30. The number of amides is 1. The zero-order chi connectivity index (χ0) is 15.3. The molecule has 0 aromatic heterocycles. The molecule has 1 rings (SSSR count). The minimum atomic E-state index is -0.908. The number of nitrogens with two attached hydrogens (primary N) is 1. The van der Waals surface area contributed by atoms with Gasteiger partial charge in [-0.05, 0) is 30.5 Å². The number of rotatable bonds is 6. The number of carboxylic acid groups (broad SMARTS) is 1. The standard InChI is InChI=1S/C14H19ClN2O3/c1-8(2)5-10(14(19)20)7-17-13(18)9-3-4-11(15)12(16)6-9/h3-4,6,8,10H,5,7,16H2,1-2H3,(H,17,18)(H,19,20). The Hall–Kier alpha value is -1.75. The predicted octanol–water partition coefficient (Wildman–Crippen LogP) is 2.40. The zero-order valence-corrected chi connectivity index (χ0v) is 12.3. The average molecular weight is 299 g/mol. The van der Waals surface area contributed by atoms with Crippen LogP contribution in [0.15, 0.2) is 18.2 Å². The molecule has 0 radical (unpaired) electrons. The third kappa shape index (κ3) is 4.74. The number of halogens is 1. The molecule has 4 N–H and O–H groups in total. The first kappa shape index (κ1) is 16.3. The summed E-state index contributed by atoms with van der Waals surface area (Å²) in [6, 6.07) is 4.55. The number of anilines is 1. The highest BCUT2D eigenvalue weighted by molar-refractivity contribution is 6.33. The summed E-state index contributed by atoms with van der Waals surface area (Å²) in [7, 11) is 0. The van der Waals surface area contributed by atoms with Crippen LogP contribution < -0.4 is 11.1 Å². The molecule has 5 nitrogen and oxygen atoms in total. The van der Waals surface area contributed by atoms with Crippen LogP contribution in [0.1, 0.15) is 30.6 Å². The number of hydrogen-bond donors (Lipinski definition) is 3. The molecule has 1 unspecified atom stereocenters. The normalized spacial score (nSPS) is 12.2. The van der Waals surface area contributed by atoms with E-state index in [9.17, 15) is 9.59 Å². The van der Waals surface area contributed by atoms with Crippen LogP contribution in [0.3, 0.4) is 0 Å². The van der Waals surface area contributed by atoms with E-state index in [1.165, 1.54) is 12.1 Å². The Kier molecular flexibility index (Phi) is 5.82. The second-order valence-electron chi connectivity index (χ2n) is 5.11. The fourth-order valence-electron chi connectivity index (χ4n) is 1.84. The molecule has 0 aliphatic heterocycles. The summed E-state index contributed by atoms with van der Waals surface area (Å²) in [5.74, 6) is -1.61. The number of carbonyl (C=O) groups is 2. The van der Waals surface area contributed by atoms with Crippen LogP contribution in [-0.2, 0) is 4.79 Å². The fourth-order valence-corrected chi connectivity index (χ4v) is 1.96. The van der Waals surface area contributed by atoms with Gasteiger partial charge in [-0.25, -0.2) is 0 Å². The van der Waals surface area contributed by atoms with Crippen molar-refractivity contribution in [2.24, 2.45) is 11.8 Å². The lowest BCUT2D eigenvalue weighted by Crippen LogP contribution is -2.33. The quantitative estimate of drug-likeness (QED) is 0.703. The van der Waals surface area contributed by atoms with Gasteiger partial charge >= 0.3 is 5.97 Å². The minimum absolute atomic E-state index is 0.0921. The van der Waals surface area contributed by atoms with Crippen LogP contribution in [-0.4, -0.2) is 23.5 Å². The number of nitrogens with one attached hydrogen (secondary N) is 1. The predicted molar refractivity (Wildman–Crippen MR) is 78.8 cm³/mol. The third-order valence-corrected chi connectivity index (χ3v) is 3.22. The molecule has 1 aromatic rings. The van der Waals surface area contributed by atoms with Crippen molar-refractivity contribution in [3.63, 3.8) is 0 Å². The van der Waals surface area contributed by atoms with E-state index in [0.717, 1.165) is 0 Å². The fraction of sp³-hybridized carbons (Fsp3) is 0.429.